The number of pyridine rings is 1. The van der Waals surface area contributed by atoms with E-state index in [1.807, 2.05) is 30.5 Å². The molecule has 3 aromatic heterocycles. The summed E-state index contributed by atoms with van der Waals surface area (Å²) in [6.07, 6.45) is 6.89. The van der Waals surface area contributed by atoms with Crippen LogP contribution in [-0.4, -0.2) is 49.1 Å². The largest absolute Gasteiger partial charge is 0.328 e. The molecule has 0 atom stereocenters. The maximum absolute atomic E-state index is 12.1. The molecule has 1 N–H and O–H groups in total. The Balaban J connectivity index is 1.58. The Morgan fingerprint density at radius 1 is 1.18 bits per heavy atom. The van der Waals surface area contributed by atoms with Crippen LogP contribution in [0.1, 0.15) is 5.56 Å². The molecule has 0 radical (unpaired) electrons. The van der Waals surface area contributed by atoms with E-state index < -0.39 is 0 Å². The van der Waals surface area contributed by atoms with Crippen LogP contribution in [0.4, 0.5) is 5.95 Å². The monoisotopic (exact) mass is 375 g/mol. The van der Waals surface area contributed by atoms with Gasteiger partial charge in [-0.3, -0.25) is 10.1 Å². The lowest BCUT2D eigenvalue weighted by Crippen LogP contribution is -2.18. The van der Waals surface area contributed by atoms with E-state index in [4.69, 9.17) is 0 Å². The summed E-state index contributed by atoms with van der Waals surface area (Å²) in [5.41, 5.74) is 4.11. The van der Waals surface area contributed by atoms with Crippen LogP contribution in [0.25, 0.3) is 16.8 Å². The fraction of sp³-hybridized carbons (Fsp3) is 0.200. The van der Waals surface area contributed by atoms with Crippen molar-refractivity contribution < 1.29 is 4.79 Å². The Morgan fingerprint density at radius 3 is 2.82 bits per heavy atom. The molecule has 0 unspecified atom stereocenters. The molecule has 8 heteroatoms. The Kier molecular flexibility index (Phi) is 4.86. The molecule has 0 aliphatic carbocycles. The van der Waals surface area contributed by atoms with Crippen LogP contribution in [0.15, 0.2) is 61.3 Å². The molecule has 8 nitrogen and oxygen atoms in total. The minimum absolute atomic E-state index is 0.165. The smallest absolute Gasteiger partial charge is 0.249 e. The standard InChI is InChI=1S/C20H21N7O/c1-25(2)11-15-5-3-4-6-17(15)16-7-8-18-22-20(24-27(18)12-16)23-19(28)13-26-10-9-21-14-26/h3-10,12,14H,11,13H2,1-2H3,(H,23,24,28). The van der Waals surface area contributed by atoms with Gasteiger partial charge in [-0.2, -0.15) is 4.98 Å². The summed E-state index contributed by atoms with van der Waals surface area (Å²) >= 11 is 0. The molecule has 1 amide bonds. The molecule has 142 valence electrons. The maximum atomic E-state index is 12.1. The summed E-state index contributed by atoms with van der Waals surface area (Å²) in [5, 5.41) is 7.13. The van der Waals surface area contributed by atoms with Crippen molar-refractivity contribution in [3.8, 4) is 11.1 Å². The number of hydrogen-bond acceptors (Lipinski definition) is 5. The Morgan fingerprint density at radius 2 is 2.04 bits per heavy atom. The van der Waals surface area contributed by atoms with E-state index in [2.05, 4.69) is 51.5 Å². The van der Waals surface area contributed by atoms with E-state index in [0.29, 0.717) is 5.65 Å². The van der Waals surface area contributed by atoms with Gasteiger partial charge in [-0.1, -0.05) is 24.3 Å². The molecule has 0 aliphatic rings. The van der Waals surface area contributed by atoms with Gasteiger partial charge in [0.2, 0.25) is 11.9 Å². The predicted octanol–water partition coefficient (Wildman–Crippen LogP) is 2.29. The average Bonchev–Trinajstić information content (AvgIpc) is 3.30. The molecule has 1 aromatic carbocycles. The first-order chi connectivity index (χ1) is 13.6. The van der Waals surface area contributed by atoms with Gasteiger partial charge in [0.25, 0.3) is 0 Å². The highest BCUT2D eigenvalue weighted by molar-refractivity contribution is 5.89. The summed E-state index contributed by atoms with van der Waals surface area (Å²) in [5.74, 6) is 0.0781. The number of carbonyl (C=O) groups excluding carboxylic acids is 1. The normalized spacial score (nSPS) is 11.2. The van der Waals surface area contributed by atoms with Gasteiger partial charge in [0.05, 0.1) is 6.33 Å². The molecule has 28 heavy (non-hydrogen) atoms. The molecule has 0 fully saturated rings. The van der Waals surface area contributed by atoms with E-state index in [0.717, 1.165) is 17.7 Å². The van der Waals surface area contributed by atoms with Crippen molar-refractivity contribution in [2.24, 2.45) is 0 Å². The first-order valence-electron chi connectivity index (χ1n) is 8.93. The van der Waals surface area contributed by atoms with E-state index in [9.17, 15) is 4.79 Å². The second-order valence-electron chi connectivity index (χ2n) is 6.83. The van der Waals surface area contributed by atoms with E-state index in [1.165, 1.54) is 5.56 Å². The number of rotatable bonds is 6. The number of amides is 1. The number of nitrogens with one attached hydrogen (secondary N) is 1. The lowest BCUT2D eigenvalue weighted by atomic mass is 10.0. The van der Waals surface area contributed by atoms with Crippen molar-refractivity contribution in [1.29, 1.82) is 0 Å². The zero-order valence-electron chi connectivity index (χ0n) is 15.8. The summed E-state index contributed by atoms with van der Waals surface area (Å²) in [6, 6.07) is 12.2. The lowest BCUT2D eigenvalue weighted by molar-refractivity contribution is -0.116. The van der Waals surface area contributed by atoms with Crippen LogP contribution >= 0.6 is 0 Å². The third-order valence-electron chi connectivity index (χ3n) is 4.28. The predicted molar refractivity (Wildman–Crippen MR) is 107 cm³/mol. The fourth-order valence-corrected chi connectivity index (χ4v) is 3.09. The van der Waals surface area contributed by atoms with Crippen molar-refractivity contribution in [2.45, 2.75) is 13.1 Å². The van der Waals surface area contributed by atoms with E-state index >= 15 is 0 Å². The first kappa shape index (κ1) is 17.9. The topological polar surface area (TPSA) is 80.3 Å². The van der Waals surface area contributed by atoms with E-state index in [1.54, 1.807) is 27.8 Å². The van der Waals surface area contributed by atoms with Crippen molar-refractivity contribution >= 4 is 17.5 Å². The molecular formula is C20H21N7O. The molecular weight excluding hydrogens is 354 g/mol. The minimum Gasteiger partial charge on any atom is -0.328 e. The number of hydrogen-bond donors (Lipinski definition) is 1. The van der Waals surface area contributed by atoms with Crippen LogP contribution in [0.2, 0.25) is 0 Å². The highest BCUT2D eigenvalue weighted by Crippen LogP contribution is 2.25. The number of fused-ring (bicyclic) bond motifs is 1. The number of anilines is 1. The summed E-state index contributed by atoms with van der Waals surface area (Å²) in [6.45, 7) is 1.01. The van der Waals surface area contributed by atoms with Crippen molar-refractivity contribution in [1.82, 2.24) is 29.0 Å². The zero-order valence-corrected chi connectivity index (χ0v) is 15.8. The quantitative estimate of drug-likeness (QED) is 0.559. The highest BCUT2D eigenvalue weighted by atomic mass is 16.2. The van der Waals surface area contributed by atoms with Crippen LogP contribution in [-0.2, 0) is 17.9 Å². The highest BCUT2D eigenvalue weighted by Gasteiger charge is 2.11. The minimum atomic E-state index is -0.203. The molecule has 0 saturated carbocycles. The van der Waals surface area contributed by atoms with Gasteiger partial charge in [-0.15, -0.1) is 5.10 Å². The Bertz CT molecular complexity index is 1100. The van der Waals surface area contributed by atoms with Gasteiger partial charge < -0.3 is 9.47 Å². The zero-order chi connectivity index (χ0) is 19.5. The fourth-order valence-electron chi connectivity index (χ4n) is 3.09. The number of nitrogens with zero attached hydrogens (tertiary/aromatic N) is 6. The molecule has 0 bridgehead atoms. The second-order valence-corrected chi connectivity index (χ2v) is 6.83. The molecule has 3 heterocycles. The van der Waals surface area contributed by atoms with Crippen molar-refractivity contribution in [3.05, 3.63) is 66.9 Å². The average molecular weight is 375 g/mol. The van der Waals surface area contributed by atoms with E-state index in [-0.39, 0.29) is 18.4 Å². The third-order valence-corrected chi connectivity index (χ3v) is 4.28. The number of imidazole rings is 1. The molecule has 4 rings (SSSR count). The summed E-state index contributed by atoms with van der Waals surface area (Å²) < 4.78 is 3.37. The Hall–Kier alpha value is -3.52. The van der Waals surface area contributed by atoms with Gasteiger partial charge in [0, 0.05) is 30.7 Å². The van der Waals surface area contributed by atoms with Crippen LogP contribution < -0.4 is 5.32 Å². The van der Waals surface area contributed by atoms with Gasteiger partial charge >= 0.3 is 0 Å². The van der Waals surface area contributed by atoms with Crippen molar-refractivity contribution in [2.75, 3.05) is 19.4 Å². The van der Waals surface area contributed by atoms with Gasteiger partial charge in [-0.05, 0) is 37.4 Å². The van der Waals surface area contributed by atoms with Crippen molar-refractivity contribution in [3.63, 3.8) is 0 Å². The van der Waals surface area contributed by atoms with Gasteiger partial charge in [0.15, 0.2) is 5.65 Å². The van der Waals surface area contributed by atoms with Gasteiger partial charge in [0.1, 0.15) is 6.54 Å². The molecule has 0 saturated heterocycles. The summed E-state index contributed by atoms with van der Waals surface area (Å²) in [4.78, 5) is 22.6. The number of benzene rings is 1. The molecule has 4 aromatic rings. The third kappa shape index (κ3) is 3.91. The van der Waals surface area contributed by atoms with Crippen LogP contribution in [0.3, 0.4) is 0 Å². The number of carbonyl (C=O) groups is 1. The first-order valence-corrected chi connectivity index (χ1v) is 8.93. The number of aromatic nitrogens is 5. The van der Waals surface area contributed by atoms with Gasteiger partial charge in [-0.25, -0.2) is 9.50 Å². The molecule has 0 spiro atoms. The van der Waals surface area contributed by atoms with Crippen LogP contribution in [0, 0.1) is 0 Å². The maximum Gasteiger partial charge on any atom is 0.249 e. The SMILES string of the molecule is CN(C)Cc1ccccc1-c1ccc2nc(NC(=O)Cn3ccnc3)nn2c1. The second kappa shape index (κ2) is 7.61. The molecule has 0 aliphatic heterocycles. The summed E-state index contributed by atoms with van der Waals surface area (Å²) in [7, 11) is 4.10. The van der Waals surface area contributed by atoms with Crippen LogP contribution in [0.5, 0.6) is 0 Å². The Labute approximate surface area is 162 Å². The lowest BCUT2D eigenvalue weighted by Gasteiger charge is -2.14.